The monoisotopic (exact) mass is 210 g/mol. The van der Waals surface area contributed by atoms with Crippen LogP contribution in [0.3, 0.4) is 0 Å². The first-order valence-electron chi connectivity index (χ1n) is 4.33. The summed E-state index contributed by atoms with van der Waals surface area (Å²) in [6.07, 6.45) is 2.38. The number of imide groups is 1. The molecule has 4 nitrogen and oxygen atoms in total. The standard InChI is InChI=1S/C9H10N2O2S/c1-9(8-10-2-3-14-8)4-6(12)11-7(13)5-9/h2-3H,4-5H2,1H3,(H,11,12,13). The number of rotatable bonds is 1. The third-order valence-corrected chi connectivity index (χ3v) is 3.41. The molecule has 0 bridgehead atoms. The van der Waals surface area contributed by atoms with E-state index in [1.54, 1.807) is 6.20 Å². The van der Waals surface area contributed by atoms with Gasteiger partial charge in [0.05, 0.1) is 5.01 Å². The molecule has 0 atom stereocenters. The van der Waals surface area contributed by atoms with Crippen LogP contribution in [0.4, 0.5) is 0 Å². The summed E-state index contributed by atoms with van der Waals surface area (Å²) >= 11 is 1.49. The van der Waals surface area contributed by atoms with E-state index >= 15 is 0 Å². The molecule has 1 saturated heterocycles. The van der Waals surface area contributed by atoms with Crippen LogP contribution in [0.5, 0.6) is 0 Å². The lowest BCUT2D eigenvalue weighted by atomic mass is 9.81. The van der Waals surface area contributed by atoms with Crippen LogP contribution in [0.1, 0.15) is 24.8 Å². The van der Waals surface area contributed by atoms with Crippen LogP contribution in [0.2, 0.25) is 0 Å². The molecule has 14 heavy (non-hydrogen) atoms. The predicted octanol–water partition coefficient (Wildman–Crippen LogP) is 0.837. The first-order valence-corrected chi connectivity index (χ1v) is 5.21. The maximum atomic E-state index is 11.2. The van der Waals surface area contributed by atoms with Gasteiger partial charge in [-0.25, -0.2) is 4.98 Å². The van der Waals surface area contributed by atoms with E-state index in [1.807, 2.05) is 12.3 Å². The molecule has 0 unspecified atom stereocenters. The average Bonchev–Trinajstić information content (AvgIpc) is 2.52. The summed E-state index contributed by atoms with van der Waals surface area (Å²) in [4.78, 5) is 26.6. The number of nitrogens with zero attached hydrogens (tertiary/aromatic N) is 1. The Balaban J connectivity index is 2.31. The number of hydrogen-bond donors (Lipinski definition) is 1. The van der Waals surface area contributed by atoms with Gasteiger partial charge in [-0.2, -0.15) is 0 Å². The Morgan fingerprint density at radius 3 is 2.57 bits per heavy atom. The molecule has 1 aliphatic rings. The third kappa shape index (κ3) is 1.55. The van der Waals surface area contributed by atoms with Crippen LogP contribution in [0.25, 0.3) is 0 Å². The minimum absolute atomic E-state index is 0.209. The molecule has 0 aliphatic carbocycles. The Bertz CT molecular complexity index is 356. The van der Waals surface area contributed by atoms with Crippen molar-refractivity contribution in [2.45, 2.75) is 25.2 Å². The highest BCUT2D eigenvalue weighted by atomic mass is 32.1. The zero-order valence-electron chi connectivity index (χ0n) is 7.74. The van der Waals surface area contributed by atoms with Crippen LogP contribution >= 0.6 is 11.3 Å². The lowest BCUT2D eigenvalue weighted by molar-refractivity contribution is -0.135. The fourth-order valence-corrected chi connectivity index (χ4v) is 2.49. The highest BCUT2D eigenvalue weighted by Gasteiger charge is 2.38. The fraction of sp³-hybridized carbons (Fsp3) is 0.444. The van der Waals surface area contributed by atoms with Gasteiger partial charge in [0, 0.05) is 29.8 Å². The number of hydrogen-bond acceptors (Lipinski definition) is 4. The second-order valence-electron chi connectivity index (χ2n) is 3.72. The lowest BCUT2D eigenvalue weighted by Gasteiger charge is -2.29. The number of piperidine rings is 1. The van der Waals surface area contributed by atoms with E-state index in [2.05, 4.69) is 10.3 Å². The second-order valence-corrected chi connectivity index (χ2v) is 4.62. The summed E-state index contributed by atoms with van der Waals surface area (Å²) in [7, 11) is 0. The van der Waals surface area contributed by atoms with Crippen LogP contribution in [-0.4, -0.2) is 16.8 Å². The van der Waals surface area contributed by atoms with E-state index < -0.39 is 5.41 Å². The van der Waals surface area contributed by atoms with Gasteiger partial charge < -0.3 is 0 Å². The molecule has 1 aromatic rings. The number of carbonyl (C=O) groups excluding carboxylic acids is 2. The molecule has 2 heterocycles. The maximum Gasteiger partial charge on any atom is 0.227 e. The molecule has 0 saturated carbocycles. The van der Waals surface area contributed by atoms with Crippen molar-refractivity contribution in [3.8, 4) is 0 Å². The molecule has 1 aromatic heterocycles. The van der Waals surface area contributed by atoms with E-state index in [9.17, 15) is 9.59 Å². The SMILES string of the molecule is CC1(c2nccs2)CC(=O)NC(=O)C1. The molecule has 5 heteroatoms. The van der Waals surface area contributed by atoms with Gasteiger partial charge in [-0.15, -0.1) is 11.3 Å². The molecule has 0 spiro atoms. The highest BCUT2D eigenvalue weighted by molar-refractivity contribution is 7.09. The van der Waals surface area contributed by atoms with E-state index in [4.69, 9.17) is 0 Å². The van der Waals surface area contributed by atoms with Gasteiger partial charge in [-0.1, -0.05) is 6.92 Å². The zero-order chi connectivity index (χ0) is 10.2. The Kier molecular flexibility index (Phi) is 2.11. The average molecular weight is 210 g/mol. The number of carbonyl (C=O) groups is 2. The van der Waals surface area contributed by atoms with Crippen LogP contribution in [0.15, 0.2) is 11.6 Å². The summed E-state index contributed by atoms with van der Waals surface area (Å²) in [5.74, 6) is -0.419. The van der Waals surface area contributed by atoms with Crippen molar-refractivity contribution in [2.75, 3.05) is 0 Å². The summed E-state index contributed by atoms with van der Waals surface area (Å²) in [6, 6.07) is 0. The van der Waals surface area contributed by atoms with Crippen molar-refractivity contribution < 1.29 is 9.59 Å². The minimum atomic E-state index is -0.409. The normalized spacial score (nSPS) is 20.6. The minimum Gasteiger partial charge on any atom is -0.296 e. The molecular formula is C9H10N2O2S. The van der Waals surface area contributed by atoms with Gasteiger partial charge >= 0.3 is 0 Å². The topological polar surface area (TPSA) is 59.1 Å². The van der Waals surface area contributed by atoms with E-state index in [-0.39, 0.29) is 11.8 Å². The van der Waals surface area contributed by atoms with Gasteiger partial charge in [-0.05, 0) is 0 Å². The Labute approximate surface area is 85.3 Å². The van der Waals surface area contributed by atoms with Gasteiger partial charge in [0.25, 0.3) is 0 Å². The van der Waals surface area contributed by atoms with E-state index in [0.717, 1.165) is 5.01 Å². The van der Waals surface area contributed by atoms with Gasteiger partial charge in [0.1, 0.15) is 0 Å². The Hall–Kier alpha value is -1.23. The van der Waals surface area contributed by atoms with Crippen molar-refractivity contribution in [3.05, 3.63) is 16.6 Å². The van der Waals surface area contributed by atoms with Crippen LogP contribution < -0.4 is 5.32 Å². The smallest absolute Gasteiger partial charge is 0.227 e. The van der Waals surface area contributed by atoms with Crippen molar-refractivity contribution >= 4 is 23.2 Å². The summed E-state index contributed by atoms with van der Waals surface area (Å²) in [6.45, 7) is 1.91. The second kappa shape index (κ2) is 3.16. The van der Waals surface area contributed by atoms with Crippen molar-refractivity contribution in [1.29, 1.82) is 0 Å². The first kappa shape index (κ1) is 9.33. The van der Waals surface area contributed by atoms with E-state index in [1.165, 1.54) is 11.3 Å². The molecule has 0 radical (unpaired) electrons. The van der Waals surface area contributed by atoms with Crippen LogP contribution in [0, 0.1) is 0 Å². The van der Waals surface area contributed by atoms with Crippen molar-refractivity contribution in [3.63, 3.8) is 0 Å². The zero-order valence-corrected chi connectivity index (χ0v) is 8.56. The van der Waals surface area contributed by atoms with Crippen molar-refractivity contribution in [1.82, 2.24) is 10.3 Å². The molecule has 2 rings (SSSR count). The Morgan fingerprint density at radius 2 is 2.07 bits per heavy atom. The van der Waals surface area contributed by atoms with Gasteiger partial charge in [-0.3, -0.25) is 14.9 Å². The first-order chi connectivity index (χ1) is 6.60. The van der Waals surface area contributed by atoms with E-state index in [0.29, 0.717) is 12.8 Å². The maximum absolute atomic E-state index is 11.2. The van der Waals surface area contributed by atoms with Crippen LogP contribution in [-0.2, 0) is 15.0 Å². The number of thiazole rings is 1. The molecule has 1 aliphatic heterocycles. The number of amides is 2. The summed E-state index contributed by atoms with van der Waals surface area (Å²) < 4.78 is 0. The summed E-state index contributed by atoms with van der Waals surface area (Å²) in [5.41, 5.74) is -0.409. The largest absolute Gasteiger partial charge is 0.296 e. The third-order valence-electron chi connectivity index (χ3n) is 2.33. The molecule has 1 fully saturated rings. The predicted molar refractivity (Wildman–Crippen MR) is 51.8 cm³/mol. The van der Waals surface area contributed by atoms with Gasteiger partial charge in [0.2, 0.25) is 11.8 Å². The molecule has 1 N–H and O–H groups in total. The number of aromatic nitrogens is 1. The molecule has 74 valence electrons. The molecule has 2 amide bonds. The molecule has 0 aromatic carbocycles. The molecular weight excluding hydrogens is 200 g/mol. The van der Waals surface area contributed by atoms with Gasteiger partial charge in [0.15, 0.2) is 0 Å². The van der Waals surface area contributed by atoms with Crippen molar-refractivity contribution in [2.24, 2.45) is 0 Å². The Morgan fingerprint density at radius 1 is 1.43 bits per heavy atom. The quantitative estimate of drug-likeness (QED) is 0.699. The lowest BCUT2D eigenvalue weighted by Crippen LogP contribution is -2.45. The fourth-order valence-electron chi connectivity index (χ4n) is 1.69. The highest BCUT2D eigenvalue weighted by Crippen LogP contribution is 2.34. The summed E-state index contributed by atoms with van der Waals surface area (Å²) in [5, 5.41) is 5.02. The number of nitrogens with one attached hydrogen (secondary N) is 1.